The van der Waals surface area contributed by atoms with E-state index in [1.807, 2.05) is 18.2 Å². The number of β-amino-alcohol motifs (C(OH)–C–C–N with tert-alkyl or cyclic N) is 1. The summed E-state index contributed by atoms with van der Waals surface area (Å²) >= 11 is 2.12. The predicted molar refractivity (Wildman–Crippen MR) is 107 cm³/mol. The Labute approximate surface area is 159 Å². The fourth-order valence-corrected chi connectivity index (χ4v) is 3.59. The summed E-state index contributed by atoms with van der Waals surface area (Å²) in [5.41, 5.74) is 1.97. The fourth-order valence-electron chi connectivity index (χ4n) is 3.10. The Balaban J connectivity index is 1.79. The van der Waals surface area contributed by atoms with Gasteiger partial charge in [0, 0.05) is 45.2 Å². The van der Waals surface area contributed by atoms with Crippen molar-refractivity contribution in [3.63, 3.8) is 0 Å². The number of hydrogen-bond donors (Lipinski definition) is 2. The monoisotopic (exact) mass is 467 g/mol. The summed E-state index contributed by atoms with van der Waals surface area (Å²) in [5, 5.41) is 13.4. The SMILES string of the molecule is O=c1[nH]c(CN2CCC(O)C2)nc2c1oc1ccc(C#CSI)cc12. The van der Waals surface area contributed by atoms with Crippen molar-refractivity contribution in [3.8, 4) is 11.2 Å². The van der Waals surface area contributed by atoms with Crippen LogP contribution in [0.1, 0.15) is 17.8 Å². The zero-order chi connectivity index (χ0) is 17.4. The molecule has 0 saturated carbocycles. The molecule has 1 fully saturated rings. The molecule has 1 atom stereocenters. The second-order valence-corrected chi connectivity index (χ2v) is 7.66. The normalized spacial score (nSPS) is 17.9. The third-order valence-electron chi connectivity index (χ3n) is 4.23. The van der Waals surface area contributed by atoms with Crippen molar-refractivity contribution < 1.29 is 9.52 Å². The Hall–Kier alpha value is -1.54. The zero-order valence-electron chi connectivity index (χ0n) is 13.1. The maximum atomic E-state index is 12.4. The molecule has 3 heterocycles. The topological polar surface area (TPSA) is 82.4 Å². The highest BCUT2D eigenvalue weighted by Crippen LogP contribution is 2.26. The third-order valence-corrected chi connectivity index (χ3v) is 5.07. The fraction of sp³-hybridized carbons (Fsp3) is 0.294. The predicted octanol–water partition coefficient (Wildman–Crippen LogP) is 2.63. The quantitative estimate of drug-likeness (QED) is 0.446. The van der Waals surface area contributed by atoms with Gasteiger partial charge in [0.2, 0.25) is 5.58 Å². The van der Waals surface area contributed by atoms with Crippen molar-refractivity contribution in [2.45, 2.75) is 19.1 Å². The number of benzene rings is 1. The smallest absolute Gasteiger partial charge is 0.294 e. The van der Waals surface area contributed by atoms with Crippen molar-refractivity contribution in [2.24, 2.45) is 0 Å². The number of nitrogens with zero attached hydrogens (tertiary/aromatic N) is 2. The first-order valence-electron chi connectivity index (χ1n) is 7.78. The number of likely N-dealkylation sites (tertiary alicyclic amines) is 1. The van der Waals surface area contributed by atoms with E-state index in [0.29, 0.717) is 30.0 Å². The van der Waals surface area contributed by atoms with Gasteiger partial charge in [-0.05, 0) is 38.8 Å². The highest BCUT2D eigenvalue weighted by molar-refractivity contribution is 14.2. The second kappa shape index (κ2) is 6.99. The molecular formula is C17H14IN3O3S. The summed E-state index contributed by atoms with van der Waals surface area (Å²) in [4.78, 5) is 21.8. The molecule has 6 nitrogen and oxygen atoms in total. The first-order valence-corrected chi connectivity index (χ1v) is 11.1. The van der Waals surface area contributed by atoms with Crippen LogP contribution in [0.15, 0.2) is 27.4 Å². The Morgan fingerprint density at radius 2 is 2.40 bits per heavy atom. The van der Waals surface area contributed by atoms with Crippen LogP contribution in [0.5, 0.6) is 0 Å². The molecule has 1 aliphatic heterocycles. The van der Waals surface area contributed by atoms with E-state index in [9.17, 15) is 9.90 Å². The lowest BCUT2D eigenvalue weighted by molar-refractivity contribution is 0.174. The molecule has 1 aromatic carbocycles. The molecule has 1 unspecified atom stereocenters. The summed E-state index contributed by atoms with van der Waals surface area (Å²) < 4.78 is 5.67. The van der Waals surface area contributed by atoms with Crippen LogP contribution in [0, 0.1) is 11.2 Å². The van der Waals surface area contributed by atoms with Gasteiger partial charge in [0.1, 0.15) is 16.9 Å². The van der Waals surface area contributed by atoms with Gasteiger partial charge in [0.15, 0.2) is 0 Å². The van der Waals surface area contributed by atoms with Crippen molar-refractivity contribution in [2.75, 3.05) is 13.1 Å². The van der Waals surface area contributed by atoms with Crippen molar-refractivity contribution in [1.29, 1.82) is 0 Å². The Kier molecular flexibility index (Phi) is 4.73. The minimum Gasteiger partial charge on any atom is -0.449 e. The van der Waals surface area contributed by atoms with Crippen LogP contribution in [0.2, 0.25) is 0 Å². The van der Waals surface area contributed by atoms with Crippen LogP contribution >= 0.6 is 30.1 Å². The number of fused-ring (bicyclic) bond motifs is 3. The van der Waals surface area contributed by atoms with Crippen LogP contribution in [-0.4, -0.2) is 39.2 Å². The number of hydrogen-bond acceptors (Lipinski definition) is 6. The third kappa shape index (κ3) is 3.42. The molecule has 3 aromatic rings. The van der Waals surface area contributed by atoms with Gasteiger partial charge in [0.05, 0.1) is 12.6 Å². The van der Waals surface area contributed by atoms with Crippen LogP contribution in [0.4, 0.5) is 0 Å². The maximum absolute atomic E-state index is 12.4. The van der Waals surface area contributed by atoms with E-state index >= 15 is 0 Å². The number of furan rings is 1. The van der Waals surface area contributed by atoms with Crippen LogP contribution < -0.4 is 5.56 Å². The van der Waals surface area contributed by atoms with Gasteiger partial charge >= 0.3 is 0 Å². The molecule has 25 heavy (non-hydrogen) atoms. The number of nitrogens with one attached hydrogen (secondary N) is 1. The van der Waals surface area contributed by atoms with Crippen molar-refractivity contribution in [3.05, 3.63) is 39.9 Å². The van der Waals surface area contributed by atoms with Crippen LogP contribution in [-0.2, 0) is 6.54 Å². The summed E-state index contributed by atoms with van der Waals surface area (Å²) in [6.45, 7) is 1.89. The minimum absolute atomic E-state index is 0.230. The molecular weight excluding hydrogens is 453 g/mol. The number of aliphatic hydroxyl groups is 1. The molecule has 1 aliphatic rings. The lowest BCUT2D eigenvalue weighted by Crippen LogP contribution is -2.24. The number of aliphatic hydroxyl groups excluding tert-OH is 1. The van der Waals surface area contributed by atoms with Gasteiger partial charge in [-0.3, -0.25) is 9.69 Å². The average molecular weight is 467 g/mol. The number of rotatable bonds is 2. The summed E-state index contributed by atoms with van der Waals surface area (Å²) in [5.74, 6) is 3.63. The van der Waals surface area contributed by atoms with Crippen molar-refractivity contribution in [1.82, 2.24) is 14.9 Å². The number of H-pyrrole nitrogens is 1. The Morgan fingerprint density at radius 3 is 3.16 bits per heavy atom. The molecule has 0 spiro atoms. The van der Waals surface area contributed by atoms with Gasteiger partial charge in [-0.2, -0.15) is 0 Å². The number of halogens is 1. The molecule has 0 aliphatic carbocycles. The Bertz CT molecular complexity index is 1070. The summed E-state index contributed by atoms with van der Waals surface area (Å²) in [6, 6.07) is 5.58. The van der Waals surface area contributed by atoms with Gasteiger partial charge in [-0.25, -0.2) is 4.98 Å². The summed E-state index contributed by atoms with van der Waals surface area (Å²) in [6.07, 6.45) is 0.444. The lowest BCUT2D eigenvalue weighted by atomic mass is 10.1. The first kappa shape index (κ1) is 16.9. The zero-order valence-corrected chi connectivity index (χ0v) is 16.1. The summed E-state index contributed by atoms with van der Waals surface area (Å²) in [7, 11) is 1.42. The van der Waals surface area contributed by atoms with Gasteiger partial charge in [-0.15, -0.1) is 0 Å². The number of aromatic amines is 1. The van der Waals surface area contributed by atoms with E-state index in [4.69, 9.17) is 4.42 Å². The van der Waals surface area contributed by atoms with E-state index < -0.39 is 0 Å². The standard InChI is InChI=1S/C17H14IN3O3S/c18-25-6-4-10-1-2-13-12(7-10)15-16(24-13)17(23)20-14(19-15)9-21-5-3-11(22)8-21/h1-2,7,11,22H,3,5,8-9H2,(H,19,20,23). The van der Waals surface area contributed by atoms with Gasteiger partial charge < -0.3 is 14.5 Å². The average Bonchev–Trinajstić information content (AvgIpc) is 3.17. The van der Waals surface area contributed by atoms with E-state index in [0.717, 1.165) is 23.9 Å². The van der Waals surface area contributed by atoms with Crippen LogP contribution in [0.3, 0.4) is 0 Å². The molecule has 4 rings (SSSR count). The molecule has 0 radical (unpaired) electrons. The highest BCUT2D eigenvalue weighted by atomic mass is 127. The molecule has 8 heteroatoms. The maximum Gasteiger partial charge on any atom is 0.294 e. The molecule has 0 amide bonds. The second-order valence-electron chi connectivity index (χ2n) is 5.99. The van der Waals surface area contributed by atoms with E-state index in [-0.39, 0.29) is 17.2 Å². The largest absolute Gasteiger partial charge is 0.449 e. The van der Waals surface area contributed by atoms with Gasteiger partial charge in [0.25, 0.3) is 5.56 Å². The van der Waals surface area contributed by atoms with E-state index in [1.165, 1.54) is 8.93 Å². The highest BCUT2D eigenvalue weighted by Gasteiger charge is 2.21. The minimum atomic E-state index is -0.304. The van der Waals surface area contributed by atoms with E-state index in [2.05, 4.69) is 47.2 Å². The molecule has 2 aromatic heterocycles. The van der Waals surface area contributed by atoms with E-state index in [1.54, 1.807) is 0 Å². The lowest BCUT2D eigenvalue weighted by Gasteiger charge is -2.13. The molecule has 2 N–H and O–H groups in total. The van der Waals surface area contributed by atoms with Gasteiger partial charge in [-0.1, -0.05) is 5.92 Å². The van der Waals surface area contributed by atoms with Crippen molar-refractivity contribution >= 4 is 52.2 Å². The first-order chi connectivity index (χ1) is 12.1. The Morgan fingerprint density at radius 1 is 1.52 bits per heavy atom. The number of aromatic nitrogens is 2. The molecule has 1 saturated heterocycles. The molecule has 0 bridgehead atoms. The van der Waals surface area contributed by atoms with Crippen LogP contribution in [0.25, 0.3) is 22.1 Å². The molecule has 128 valence electrons.